The smallest absolute Gasteiger partial charge is 0.336 e. The van der Waals surface area contributed by atoms with Crippen LogP contribution in [0.5, 0.6) is 0 Å². The largest absolute Gasteiger partial charge is 0.416 e. The van der Waals surface area contributed by atoms with Crippen LogP contribution in [0.3, 0.4) is 0 Å². The van der Waals surface area contributed by atoms with E-state index in [1.165, 1.54) is 29.8 Å². The summed E-state index contributed by atoms with van der Waals surface area (Å²) in [5, 5.41) is 6.92. The topological polar surface area (TPSA) is 82.2 Å². The number of carbonyl (C=O) groups excluding carboxylic acids is 2. The number of pyridine rings is 1. The van der Waals surface area contributed by atoms with Crippen LogP contribution in [-0.2, 0) is 35.3 Å². The number of hydrogen-bond acceptors (Lipinski definition) is 4. The van der Waals surface area contributed by atoms with E-state index >= 15 is 0 Å². The maximum absolute atomic E-state index is 14.6. The minimum Gasteiger partial charge on any atom is -0.336 e. The van der Waals surface area contributed by atoms with E-state index in [-0.39, 0.29) is 12.5 Å². The van der Waals surface area contributed by atoms with Gasteiger partial charge in [0.15, 0.2) is 0 Å². The number of hydrogen-bond donors (Lipinski definition) is 1. The monoisotopic (exact) mass is 649 g/mol. The Hall–Kier alpha value is -5.51. The van der Waals surface area contributed by atoms with Crippen LogP contribution in [0, 0.1) is 0 Å². The predicted molar refractivity (Wildman–Crippen MR) is 177 cm³/mol. The molecule has 1 N–H and O–H groups in total. The first-order valence-electron chi connectivity index (χ1n) is 15.7. The summed E-state index contributed by atoms with van der Waals surface area (Å²) in [6, 6.07) is 25.0. The van der Waals surface area contributed by atoms with Crippen molar-refractivity contribution in [1.29, 1.82) is 0 Å². The third-order valence-corrected chi connectivity index (χ3v) is 8.76. The van der Waals surface area contributed by atoms with Crippen LogP contribution >= 0.6 is 0 Å². The van der Waals surface area contributed by atoms with Gasteiger partial charge in [-0.2, -0.15) is 18.3 Å². The molecule has 1 unspecified atom stereocenters. The Kier molecular flexibility index (Phi) is 9.52. The van der Waals surface area contributed by atoms with Crippen molar-refractivity contribution in [2.45, 2.75) is 44.6 Å². The van der Waals surface area contributed by atoms with Crippen LogP contribution in [0.2, 0.25) is 0 Å². The maximum atomic E-state index is 14.6. The van der Waals surface area contributed by atoms with Crippen LogP contribution in [0.25, 0.3) is 17.3 Å². The third kappa shape index (κ3) is 7.38. The maximum Gasteiger partial charge on any atom is 0.416 e. The third-order valence-electron chi connectivity index (χ3n) is 8.76. The lowest BCUT2D eigenvalue weighted by molar-refractivity contribution is -0.145. The molecule has 10 heteroatoms. The average Bonchev–Trinajstić information content (AvgIpc) is 3.66. The first-order chi connectivity index (χ1) is 23.2. The highest BCUT2D eigenvalue weighted by atomic mass is 19.4. The number of halogens is 3. The van der Waals surface area contributed by atoms with Crippen molar-refractivity contribution in [3.05, 3.63) is 149 Å². The molecule has 3 aromatic carbocycles. The molecule has 0 aliphatic carbocycles. The molecule has 3 heterocycles. The number of H-pyrrole nitrogens is 1. The van der Waals surface area contributed by atoms with Crippen LogP contribution in [0.4, 0.5) is 13.2 Å². The molecule has 6 rings (SSSR count). The average molecular weight is 650 g/mol. The summed E-state index contributed by atoms with van der Waals surface area (Å²) in [6.07, 6.45) is 4.12. The Balaban J connectivity index is 1.35. The first kappa shape index (κ1) is 32.4. The molecule has 244 valence electrons. The second-order valence-corrected chi connectivity index (χ2v) is 11.9. The summed E-state index contributed by atoms with van der Waals surface area (Å²) < 4.78 is 39.4. The second kappa shape index (κ2) is 14.1. The fourth-order valence-electron chi connectivity index (χ4n) is 6.05. The van der Waals surface area contributed by atoms with Gasteiger partial charge in [-0.3, -0.25) is 19.7 Å². The van der Waals surface area contributed by atoms with E-state index in [4.69, 9.17) is 0 Å². The number of aromatic amines is 1. The normalized spacial score (nSPS) is 14.4. The van der Waals surface area contributed by atoms with Gasteiger partial charge >= 0.3 is 6.18 Å². The van der Waals surface area contributed by atoms with Gasteiger partial charge in [0.05, 0.1) is 17.5 Å². The molecule has 7 nitrogen and oxygen atoms in total. The summed E-state index contributed by atoms with van der Waals surface area (Å²) in [7, 11) is 0. The van der Waals surface area contributed by atoms with Crippen molar-refractivity contribution < 1.29 is 22.8 Å². The lowest BCUT2D eigenvalue weighted by Crippen LogP contribution is -2.53. The fourth-order valence-corrected chi connectivity index (χ4v) is 6.05. The minimum atomic E-state index is -4.47. The molecule has 0 saturated heterocycles. The highest BCUT2D eigenvalue weighted by molar-refractivity contribution is 5.96. The summed E-state index contributed by atoms with van der Waals surface area (Å²) in [4.78, 5) is 36.5. The molecule has 2 aromatic heterocycles. The van der Waals surface area contributed by atoms with Gasteiger partial charge < -0.3 is 9.80 Å². The molecule has 0 radical (unpaired) electrons. The van der Waals surface area contributed by atoms with Gasteiger partial charge in [0.1, 0.15) is 6.04 Å². The van der Waals surface area contributed by atoms with Crippen molar-refractivity contribution in [3.8, 4) is 11.3 Å². The Morgan fingerprint density at radius 1 is 0.958 bits per heavy atom. The van der Waals surface area contributed by atoms with E-state index in [1.807, 2.05) is 67.6 Å². The summed E-state index contributed by atoms with van der Waals surface area (Å²) >= 11 is 0. The van der Waals surface area contributed by atoms with Crippen molar-refractivity contribution in [2.24, 2.45) is 0 Å². The van der Waals surface area contributed by atoms with E-state index in [2.05, 4.69) is 21.2 Å². The summed E-state index contributed by atoms with van der Waals surface area (Å²) in [5.74, 6) is -1.08. The van der Waals surface area contributed by atoms with Crippen molar-refractivity contribution >= 4 is 17.9 Å². The molecule has 5 aromatic rings. The lowest BCUT2D eigenvalue weighted by atomic mass is 9.91. The molecular weight excluding hydrogens is 615 g/mol. The fraction of sp³-hybridized carbons (Fsp3) is 0.211. The second-order valence-electron chi connectivity index (χ2n) is 11.9. The first-order valence-corrected chi connectivity index (χ1v) is 15.7. The lowest BCUT2D eigenvalue weighted by Gasteiger charge is -2.39. The number of nitrogens with zero attached hydrogens (tertiary/aromatic N) is 4. The Bertz CT molecular complexity index is 1870. The van der Waals surface area contributed by atoms with Gasteiger partial charge in [-0.1, -0.05) is 73.7 Å². The van der Waals surface area contributed by atoms with E-state index in [0.717, 1.165) is 40.1 Å². The van der Waals surface area contributed by atoms with E-state index in [0.29, 0.717) is 25.1 Å². The highest BCUT2D eigenvalue weighted by Gasteiger charge is 2.38. The highest BCUT2D eigenvalue weighted by Crippen LogP contribution is 2.31. The molecule has 2 atom stereocenters. The number of carbonyl (C=O) groups is 2. The van der Waals surface area contributed by atoms with Gasteiger partial charge in [0.2, 0.25) is 11.8 Å². The van der Waals surface area contributed by atoms with Gasteiger partial charge in [-0.05, 0) is 64.6 Å². The summed E-state index contributed by atoms with van der Waals surface area (Å²) in [5.41, 5.74) is 5.19. The molecule has 2 amide bonds. The number of nitrogens with one attached hydrogen (secondary N) is 1. The Morgan fingerprint density at radius 3 is 2.35 bits per heavy atom. The Morgan fingerprint density at radius 2 is 1.69 bits per heavy atom. The van der Waals surface area contributed by atoms with Gasteiger partial charge in [0.25, 0.3) is 0 Å². The molecule has 0 fully saturated rings. The molecule has 48 heavy (non-hydrogen) atoms. The number of alkyl halides is 3. The molecule has 1 aliphatic heterocycles. The van der Waals surface area contributed by atoms with Gasteiger partial charge in [-0.15, -0.1) is 0 Å². The Labute approximate surface area is 276 Å². The van der Waals surface area contributed by atoms with Crippen LogP contribution in [0.1, 0.15) is 46.2 Å². The zero-order chi connectivity index (χ0) is 33.7. The van der Waals surface area contributed by atoms with E-state index < -0.39 is 29.6 Å². The van der Waals surface area contributed by atoms with Crippen LogP contribution < -0.4 is 0 Å². The van der Waals surface area contributed by atoms with Crippen LogP contribution in [0.15, 0.2) is 116 Å². The minimum absolute atomic E-state index is 0.113. The number of amides is 2. The molecule has 0 saturated carbocycles. The number of rotatable bonds is 9. The zero-order valence-electron chi connectivity index (χ0n) is 26.3. The molecule has 0 bridgehead atoms. The quantitative estimate of drug-likeness (QED) is 0.170. The van der Waals surface area contributed by atoms with E-state index in [9.17, 15) is 22.8 Å². The zero-order valence-corrected chi connectivity index (χ0v) is 26.3. The predicted octanol–water partition coefficient (Wildman–Crippen LogP) is 7.29. The van der Waals surface area contributed by atoms with E-state index in [1.54, 1.807) is 28.4 Å². The van der Waals surface area contributed by atoms with Gasteiger partial charge in [0, 0.05) is 49.6 Å². The molecule has 1 aliphatic rings. The van der Waals surface area contributed by atoms with Crippen molar-refractivity contribution in [2.75, 3.05) is 6.54 Å². The molecule has 0 spiro atoms. The number of aromatic nitrogens is 3. The van der Waals surface area contributed by atoms with Crippen molar-refractivity contribution in [1.82, 2.24) is 25.0 Å². The van der Waals surface area contributed by atoms with Crippen molar-refractivity contribution in [3.63, 3.8) is 0 Å². The number of benzene rings is 3. The standard InChI is InChI=1S/C38H34F3N5O2/c1-26(32-22-43-44-23-32)36(37(48)45-21-19-29-6-2-3-7-31(29)25-45)46(24-28-9-14-30(15-10-28)34-8-4-5-20-42-34)35(47)18-13-27-11-16-33(17-12-27)38(39,40)41/h2-18,20,22-23,26,36H,19,21,24-25H2,1H3,(H,43,44)/t26?,36-/m0/s1. The number of fused-ring (bicyclic) bond motifs is 1. The molecular formula is C38H34F3N5O2. The van der Waals surface area contributed by atoms with Crippen LogP contribution in [-0.4, -0.2) is 49.4 Å². The SMILES string of the molecule is CC(c1cn[nH]c1)[C@@H](C(=O)N1CCc2ccccc2C1)N(Cc1ccc(-c2ccccn2)cc1)C(=O)C=Cc1ccc(C(F)(F)F)cc1. The summed E-state index contributed by atoms with van der Waals surface area (Å²) in [6.45, 7) is 2.94. The van der Waals surface area contributed by atoms with Gasteiger partial charge in [-0.25, -0.2) is 0 Å².